The number of anilines is 1. The Kier molecular flexibility index (Phi) is 4.90. The summed E-state index contributed by atoms with van der Waals surface area (Å²) in [5.74, 6) is -1.31. The first kappa shape index (κ1) is 17.5. The molecule has 1 amide bonds. The van der Waals surface area contributed by atoms with Gasteiger partial charge in [-0.1, -0.05) is 5.16 Å². The summed E-state index contributed by atoms with van der Waals surface area (Å²) >= 11 is 1.39. The van der Waals surface area contributed by atoms with Crippen LogP contribution in [0.4, 0.5) is 5.88 Å². The minimum Gasteiger partial charge on any atom is -0.497 e. The van der Waals surface area contributed by atoms with Crippen molar-refractivity contribution >= 4 is 29.1 Å². The third-order valence-electron chi connectivity index (χ3n) is 3.58. The molecule has 0 bridgehead atoms. The number of carbonyl (C=O) groups excluding carboxylic acids is 1. The second-order valence-corrected chi connectivity index (χ2v) is 5.85. The van der Waals surface area contributed by atoms with Crippen molar-refractivity contribution in [3.63, 3.8) is 0 Å². The average Bonchev–Trinajstić information content (AvgIpc) is 3.30. The lowest BCUT2D eigenvalue weighted by atomic mass is 10.1. The van der Waals surface area contributed by atoms with Crippen molar-refractivity contribution < 1.29 is 28.7 Å². The summed E-state index contributed by atoms with van der Waals surface area (Å²) in [4.78, 5) is 24.2. The average molecular weight is 374 g/mol. The molecule has 0 fully saturated rings. The molecular formula is C17H14N2O6S. The zero-order valence-corrected chi connectivity index (χ0v) is 14.6. The highest BCUT2D eigenvalue weighted by atomic mass is 32.1. The van der Waals surface area contributed by atoms with Crippen LogP contribution in [-0.2, 0) is 0 Å². The van der Waals surface area contributed by atoms with Crippen LogP contribution in [-0.4, -0.2) is 36.4 Å². The van der Waals surface area contributed by atoms with Crippen LogP contribution < -0.4 is 14.8 Å². The first-order valence-corrected chi connectivity index (χ1v) is 8.28. The molecule has 2 heterocycles. The Morgan fingerprint density at radius 2 is 2.04 bits per heavy atom. The minimum absolute atomic E-state index is 0.149. The Balaban J connectivity index is 1.94. The number of hydrogen-bond donors (Lipinski definition) is 2. The molecule has 2 N–H and O–H groups in total. The van der Waals surface area contributed by atoms with Gasteiger partial charge in [-0.2, -0.15) is 11.3 Å². The number of carboxylic acids is 1. The second kappa shape index (κ2) is 7.28. The molecular weight excluding hydrogens is 360 g/mol. The summed E-state index contributed by atoms with van der Waals surface area (Å²) in [7, 11) is 2.91. The fourth-order valence-electron chi connectivity index (χ4n) is 2.33. The smallest absolute Gasteiger partial charge is 0.343 e. The molecule has 9 heteroatoms. The van der Waals surface area contributed by atoms with Crippen molar-refractivity contribution in [2.24, 2.45) is 0 Å². The van der Waals surface area contributed by atoms with Gasteiger partial charge < -0.3 is 19.1 Å². The molecule has 1 aromatic carbocycles. The zero-order valence-electron chi connectivity index (χ0n) is 13.8. The summed E-state index contributed by atoms with van der Waals surface area (Å²) < 4.78 is 15.3. The van der Waals surface area contributed by atoms with Crippen LogP contribution in [0, 0.1) is 0 Å². The van der Waals surface area contributed by atoms with Gasteiger partial charge in [-0.15, -0.1) is 0 Å². The standard InChI is InChI=1S/C17H14N2O6S/c1-23-10-3-4-11(12(7-10)24-2)15(20)18-16-13(17(21)22)14(19-25-16)9-5-6-26-8-9/h3-8H,1-2H3,(H,18,20)(H,21,22). The zero-order chi connectivity index (χ0) is 18.7. The predicted octanol–water partition coefficient (Wildman–Crippen LogP) is 3.37. The molecule has 0 saturated heterocycles. The van der Waals surface area contributed by atoms with Gasteiger partial charge in [0.25, 0.3) is 5.91 Å². The summed E-state index contributed by atoms with van der Waals surface area (Å²) in [6, 6.07) is 6.35. The topological polar surface area (TPSA) is 111 Å². The molecule has 2 aromatic heterocycles. The van der Waals surface area contributed by atoms with Crippen LogP contribution in [0.3, 0.4) is 0 Å². The van der Waals surface area contributed by atoms with Crippen LogP contribution >= 0.6 is 11.3 Å². The van der Waals surface area contributed by atoms with E-state index < -0.39 is 11.9 Å². The lowest BCUT2D eigenvalue weighted by Crippen LogP contribution is -2.15. The van der Waals surface area contributed by atoms with Gasteiger partial charge >= 0.3 is 5.97 Å². The molecule has 3 rings (SSSR count). The Bertz CT molecular complexity index is 948. The first-order valence-electron chi connectivity index (χ1n) is 7.34. The lowest BCUT2D eigenvalue weighted by molar-refractivity contribution is 0.0698. The van der Waals surface area contributed by atoms with E-state index in [2.05, 4.69) is 10.5 Å². The Morgan fingerprint density at radius 3 is 2.65 bits per heavy atom. The Hall–Kier alpha value is -3.33. The number of carboxylic acid groups (broad SMARTS) is 1. The molecule has 26 heavy (non-hydrogen) atoms. The number of carbonyl (C=O) groups is 2. The Labute approximate surface area is 152 Å². The third kappa shape index (κ3) is 3.24. The summed E-state index contributed by atoms with van der Waals surface area (Å²) in [6.45, 7) is 0. The number of benzene rings is 1. The number of thiophene rings is 1. The van der Waals surface area contributed by atoms with E-state index in [4.69, 9.17) is 14.0 Å². The maximum atomic E-state index is 12.6. The highest BCUT2D eigenvalue weighted by Crippen LogP contribution is 2.31. The summed E-state index contributed by atoms with van der Waals surface area (Å²) in [6.07, 6.45) is 0. The van der Waals surface area contributed by atoms with Crippen LogP contribution in [0.5, 0.6) is 11.5 Å². The number of amides is 1. The Morgan fingerprint density at radius 1 is 1.23 bits per heavy atom. The predicted molar refractivity (Wildman–Crippen MR) is 94.3 cm³/mol. The van der Waals surface area contributed by atoms with Crippen LogP contribution in [0.25, 0.3) is 11.3 Å². The number of nitrogens with one attached hydrogen (secondary N) is 1. The van der Waals surface area contributed by atoms with Crippen LogP contribution in [0.15, 0.2) is 39.5 Å². The molecule has 0 aliphatic rings. The number of aromatic nitrogens is 1. The van der Waals surface area contributed by atoms with E-state index in [1.165, 1.54) is 31.6 Å². The summed E-state index contributed by atoms with van der Waals surface area (Å²) in [5, 5.41) is 19.2. The van der Waals surface area contributed by atoms with Crippen molar-refractivity contribution in [3.05, 3.63) is 46.2 Å². The van der Waals surface area contributed by atoms with Crippen molar-refractivity contribution in [1.29, 1.82) is 0 Å². The maximum absolute atomic E-state index is 12.6. The van der Waals surface area contributed by atoms with E-state index in [9.17, 15) is 14.7 Å². The SMILES string of the molecule is COc1ccc(C(=O)Nc2onc(-c3ccsc3)c2C(=O)O)c(OC)c1. The molecule has 3 aromatic rings. The van der Waals surface area contributed by atoms with E-state index in [0.717, 1.165) is 0 Å². The molecule has 0 unspecified atom stereocenters. The molecule has 0 atom stereocenters. The molecule has 134 valence electrons. The molecule has 0 radical (unpaired) electrons. The summed E-state index contributed by atoms with van der Waals surface area (Å²) in [5.41, 5.74) is 0.719. The normalized spacial score (nSPS) is 10.4. The van der Waals surface area contributed by atoms with Gasteiger partial charge in [-0.25, -0.2) is 4.79 Å². The molecule has 0 spiro atoms. The second-order valence-electron chi connectivity index (χ2n) is 5.07. The monoisotopic (exact) mass is 374 g/mol. The largest absolute Gasteiger partial charge is 0.497 e. The van der Waals surface area contributed by atoms with E-state index in [1.807, 2.05) is 0 Å². The van der Waals surface area contributed by atoms with Gasteiger partial charge in [0.15, 0.2) is 5.56 Å². The number of nitrogens with zero attached hydrogens (tertiary/aromatic N) is 1. The fourth-order valence-corrected chi connectivity index (χ4v) is 2.97. The van der Waals surface area contributed by atoms with E-state index >= 15 is 0 Å². The van der Waals surface area contributed by atoms with Crippen molar-refractivity contribution in [3.8, 4) is 22.8 Å². The first-order chi connectivity index (χ1) is 12.5. The van der Waals surface area contributed by atoms with E-state index in [-0.39, 0.29) is 28.5 Å². The third-order valence-corrected chi connectivity index (χ3v) is 4.26. The number of methoxy groups -OCH3 is 2. The molecule has 0 aliphatic heterocycles. The number of aromatic carboxylic acids is 1. The maximum Gasteiger partial charge on any atom is 0.343 e. The highest BCUT2D eigenvalue weighted by molar-refractivity contribution is 7.08. The van der Waals surface area contributed by atoms with Gasteiger partial charge in [-0.3, -0.25) is 10.1 Å². The van der Waals surface area contributed by atoms with E-state index in [0.29, 0.717) is 11.3 Å². The fraction of sp³-hybridized carbons (Fsp3) is 0.118. The minimum atomic E-state index is -1.26. The molecule has 8 nitrogen and oxygen atoms in total. The van der Waals surface area contributed by atoms with Gasteiger partial charge in [0, 0.05) is 17.0 Å². The van der Waals surface area contributed by atoms with Gasteiger partial charge in [-0.05, 0) is 23.6 Å². The van der Waals surface area contributed by atoms with Crippen LogP contribution in [0.2, 0.25) is 0 Å². The number of ether oxygens (including phenoxy) is 2. The van der Waals surface area contributed by atoms with Gasteiger partial charge in [0.1, 0.15) is 17.2 Å². The highest BCUT2D eigenvalue weighted by Gasteiger charge is 2.26. The van der Waals surface area contributed by atoms with Crippen LogP contribution in [0.1, 0.15) is 20.7 Å². The quantitative estimate of drug-likeness (QED) is 0.680. The molecule has 0 aliphatic carbocycles. The van der Waals surface area contributed by atoms with E-state index in [1.54, 1.807) is 29.0 Å². The van der Waals surface area contributed by atoms with Gasteiger partial charge in [0.2, 0.25) is 5.88 Å². The lowest BCUT2D eigenvalue weighted by Gasteiger charge is -2.09. The van der Waals surface area contributed by atoms with Crippen molar-refractivity contribution in [2.75, 3.05) is 19.5 Å². The van der Waals surface area contributed by atoms with Crippen molar-refractivity contribution in [1.82, 2.24) is 5.16 Å². The molecule has 0 saturated carbocycles. The number of rotatable bonds is 6. The number of hydrogen-bond acceptors (Lipinski definition) is 7. The van der Waals surface area contributed by atoms with Crippen molar-refractivity contribution in [2.45, 2.75) is 0 Å². The van der Waals surface area contributed by atoms with Gasteiger partial charge in [0.05, 0.1) is 19.8 Å².